The Morgan fingerprint density at radius 1 is 1.19 bits per heavy atom. The highest BCUT2D eigenvalue weighted by Crippen LogP contribution is 2.32. The highest BCUT2D eigenvalue weighted by atomic mass is 32.1. The number of nitrogens with one attached hydrogen (secondary N) is 1. The Kier molecular flexibility index (Phi) is 6.03. The normalized spacial score (nSPS) is 10.5. The second-order valence-corrected chi connectivity index (χ2v) is 6.71. The van der Waals surface area contributed by atoms with Crippen LogP contribution in [0.3, 0.4) is 0 Å². The molecule has 0 atom stereocenters. The van der Waals surface area contributed by atoms with Crippen LogP contribution < -0.4 is 14.8 Å². The van der Waals surface area contributed by atoms with E-state index in [1.807, 2.05) is 50.2 Å². The molecule has 0 aliphatic rings. The Balaban J connectivity index is 1.76. The van der Waals surface area contributed by atoms with Crippen molar-refractivity contribution in [2.24, 2.45) is 0 Å². The van der Waals surface area contributed by atoms with Gasteiger partial charge in [-0.05, 0) is 43.7 Å². The van der Waals surface area contributed by atoms with Crippen LogP contribution in [0.4, 0.5) is 5.13 Å². The fourth-order valence-corrected chi connectivity index (χ4v) is 3.07. The molecule has 3 rings (SSSR count). The number of carbonyl (C=O) groups excluding carboxylic acids is 1. The predicted molar refractivity (Wildman–Crippen MR) is 107 cm³/mol. The van der Waals surface area contributed by atoms with Crippen molar-refractivity contribution in [3.05, 3.63) is 53.6 Å². The molecule has 0 saturated carbocycles. The van der Waals surface area contributed by atoms with Gasteiger partial charge in [0.25, 0.3) is 5.91 Å². The van der Waals surface area contributed by atoms with Crippen LogP contribution in [0.1, 0.15) is 29.3 Å². The van der Waals surface area contributed by atoms with Crippen LogP contribution in [0.25, 0.3) is 11.4 Å². The smallest absolute Gasteiger partial charge is 0.257 e. The Labute approximate surface area is 162 Å². The van der Waals surface area contributed by atoms with Gasteiger partial charge in [-0.1, -0.05) is 24.6 Å². The predicted octanol–water partition coefficient (Wildman–Crippen LogP) is 4.56. The molecular formula is C20H21N3O3S. The van der Waals surface area contributed by atoms with E-state index in [-0.39, 0.29) is 5.91 Å². The minimum atomic E-state index is -0.206. The number of carbonyl (C=O) groups is 1. The molecule has 0 aliphatic carbocycles. The Hall–Kier alpha value is -2.93. The van der Waals surface area contributed by atoms with Crippen LogP contribution in [-0.4, -0.2) is 29.0 Å². The fraction of sp³-hybridized carbons (Fsp3) is 0.250. The van der Waals surface area contributed by atoms with Gasteiger partial charge in [0.1, 0.15) is 0 Å². The van der Waals surface area contributed by atoms with Crippen LogP contribution in [0.15, 0.2) is 42.5 Å². The maximum Gasteiger partial charge on any atom is 0.257 e. The van der Waals surface area contributed by atoms with Crippen LogP contribution >= 0.6 is 11.5 Å². The van der Waals surface area contributed by atoms with Gasteiger partial charge in [0.15, 0.2) is 17.3 Å². The van der Waals surface area contributed by atoms with E-state index < -0.39 is 0 Å². The minimum absolute atomic E-state index is 0.206. The first-order valence-electron chi connectivity index (χ1n) is 8.63. The molecule has 3 aromatic rings. The summed E-state index contributed by atoms with van der Waals surface area (Å²) < 4.78 is 15.4. The molecule has 0 radical (unpaired) electrons. The standard InChI is InChI=1S/C20H21N3O3S/c1-4-10-26-16-9-8-14(12-17(16)25-3)18-21-20(27-23-18)22-19(24)15-7-5-6-13(2)11-15/h5-9,11-12H,4,10H2,1-3H3,(H,21,22,23,24). The van der Waals surface area contributed by atoms with Crippen molar-refractivity contribution in [2.75, 3.05) is 19.0 Å². The first-order valence-corrected chi connectivity index (χ1v) is 9.41. The van der Waals surface area contributed by atoms with Gasteiger partial charge in [-0.3, -0.25) is 10.1 Å². The molecule has 1 heterocycles. The lowest BCUT2D eigenvalue weighted by molar-refractivity contribution is 0.102. The molecule has 6 nitrogen and oxygen atoms in total. The number of methoxy groups -OCH3 is 1. The SMILES string of the molecule is CCCOc1ccc(-c2nsc(NC(=O)c3cccc(C)c3)n2)cc1OC. The lowest BCUT2D eigenvalue weighted by atomic mass is 10.1. The van der Waals surface area contributed by atoms with E-state index in [4.69, 9.17) is 9.47 Å². The number of aryl methyl sites for hydroxylation is 1. The Morgan fingerprint density at radius 2 is 2.04 bits per heavy atom. The molecule has 0 fully saturated rings. The van der Waals surface area contributed by atoms with Gasteiger partial charge in [-0.2, -0.15) is 9.36 Å². The van der Waals surface area contributed by atoms with Gasteiger partial charge in [-0.25, -0.2) is 0 Å². The molecule has 0 aliphatic heterocycles. The minimum Gasteiger partial charge on any atom is -0.493 e. The second-order valence-electron chi connectivity index (χ2n) is 5.96. The molecule has 1 amide bonds. The van der Waals surface area contributed by atoms with Gasteiger partial charge in [-0.15, -0.1) is 0 Å². The Morgan fingerprint density at radius 3 is 2.78 bits per heavy atom. The van der Waals surface area contributed by atoms with Gasteiger partial charge in [0.2, 0.25) is 5.13 Å². The second kappa shape index (κ2) is 8.64. The number of benzene rings is 2. The summed E-state index contributed by atoms with van der Waals surface area (Å²) in [7, 11) is 1.60. The summed E-state index contributed by atoms with van der Waals surface area (Å²) in [6.45, 7) is 4.62. The van der Waals surface area contributed by atoms with Gasteiger partial charge < -0.3 is 9.47 Å². The summed E-state index contributed by atoms with van der Waals surface area (Å²) in [5.41, 5.74) is 2.41. The van der Waals surface area contributed by atoms with Gasteiger partial charge in [0.05, 0.1) is 13.7 Å². The third-order valence-electron chi connectivity index (χ3n) is 3.81. The number of anilines is 1. The van der Waals surface area contributed by atoms with Crippen LogP contribution in [0.2, 0.25) is 0 Å². The molecule has 1 N–H and O–H groups in total. The monoisotopic (exact) mass is 383 g/mol. The molecule has 140 valence electrons. The first kappa shape index (κ1) is 18.8. The number of hydrogen-bond donors (Lipinski definition) is 1. The zero-order chi connectivity index (χ0) is 19.2. The third-order valence-corrected chi connectivity index (χ3v) is 4.44. The maximum atomic E-state index is 12.3. The van der Waals surface area contributed by atoms with E-state index in [0.29, 0.717) is 34.6 Å². The molecule has 1 aromatic heterocycles. The van der Waals surface area contributed by atoms with Crippen LogP contribution in [0, 0.1) is 6.92 Å². The molecule has 27 heavy (non-hydrogen) atoms. The van der Waals surface area contributed by atoms with E-state index in [2.05, 4.69) is 14.7 Å². The summed E-state index contributed by atoms with van der Waals surface area (Å²) in [5, 5.41) is 3.24. The topological polar surface area (TPSA) is 73.3 Å². The summed E-state index contributed by atoms with van der Waals surface area (Å²) in [6.07, 6.45) is 0.919. The van der Waals surface area contributed by atoms with E-state index in [1.165, 1.54) is 0 Å². The molecule has 0 bridgehead atoms. The van der Waals surface area contributed by atoms with Crippen molar-refractivity contribution in [1.29, 1.82) is 0 Å². The van der Waals surface area contributed by atoms with Crippen molar-refractivity contribution in [3.8, 4) is 22.9 Å². The van der Waals surface area contributed by atoms with Gasteiger partial charge in [0, 0.05) is 22.7 Å². The number of amides is 1. The van der Waals surface area contributed by atoms with E-state index in [1.54, 1.807) is 13.2 Å². The number of ether oxygens (including phenoxy) is 2. The highest BCUT2D eigenvalue weighted by molar-refractivity contribution is 7.10. The molecule has 0 saturated heterocycles. The van der Waals surface area contributed by atoms with Crippen molar-refractivity contribution in [1.82, 2.24) is 9.36 Å². The number of rotatable bonds is 7. The molecule has 0 unspecified atom stereocenters. The van der Waals surface area contributed by atoms with Crippen molar-refractivity contribution < 1.29 is 14.3 Å². The average molecular weight is 383 g/mol. The summed E-state index contributed by atoms with van der Waals surface area (Å²) >= 11 is 1.14. The van der Waals surface area contributed by atoms with E-state index >= 15 is 0 Å². The zero-order valence-electron chi connectivity index (χ0n) is 15.5. The van der Waals surface area contributed by atoms with Gasteiger partial charge >= 0.3 is 0 Å². The largest absolute Gasteiger partial charge is 0.493 e. The maximum absolute atomic E-state index is 12.3. The van der Waals surface area contributed by atoms with Crippen molar-refractivity contribution in [3.63, 3.8) is 0 Å². The van der Waals surface area contributed by atoms with E-state index in [9.17, 15) is 4.79 Å². The number of aromatic nitrogens is 2. The summed E-state index contributed by atoms with van der Waals surface area (Å²) in [4.78, 5) is 16.8. The first-order chi connectivity index (χ1) is 13.1. The highest BCUT2D eigenvalue weighted by Gasteiger charge is 2.13. The summed E-state index contributed by atoms with van der Waals surface area (Å²) in [5.74, 6) is 1.63. The van der Waals surface area contributed by atoms with Crippen molar-refractivity contribution in [2.45, 2.75) is 20.3 Å². The average Bonchev–Trinajstić information content (AvgIpc) is 3.14. The zero-order valence-corrected chi connectivity index (χ0v) is 16.3. The van der Waals surface area contributed by atoms with E-state index in [0.717, 1.165) is 29.1 Å². The lowest BCUT2D eigenvalue weighted by Crippen LogP contribution is -2.11. The molecule has 2 aromatic carbocycles. The Bertz CT molecular complexity index is 940. The number of hydrogen-bond acceptors (Lipinski definition) is 6. The number of nitrogens with zero attached hydrogens (tertiary/aromatic N) is 2. The molecular weight excluding hydrogens is 362 g/mol. The summed E-state index contributed by atoms with van der Waals surface area (Å²) in [6, 6.07) is 12.9. The van der Waals surface area contributed by atoms with Crippen LogP contribution in [-0.2, 0) is 0 Å². The molecule has 0 spiro atoms. The lowest BCUT2D eigenvalue weighted by Gasteiger charge is -2.10. The molecule has 7 heteroatoms. The third kappa shape index (κ3) is 4.62. The fourth-order valence-electron chi connectivity index (χ4n) is 2.49. The van der Waals surface area contributed by atoms with Crippen LogP contribution in [0.5, 0.6) is 11.5 Å². The van der Waals surface area contributed by atoms with Crippen molar-refractivity contribution >= 4 is 22.6 Å². The quantitative estimate of drug-likeness (QED) is 0.647.